The van der Waals surface area contributed by atoms with Crippen molar-refractivity contribution < 1.29 is 17.9 Å². The minimum Gasteiger partial charge on any atom is -0.496 e. The number of nitrogens with one attached hydrogen (secondary N) is 1. The molecule has 7 heteroatoms. The van der Waals surface area contributed by atoms with Gasteiger partial charge in [-0.2, -0.15) is 0 Å². The maximum Gasteiger partial charge on any atom is 0.261 e. The Morgan fingerprint density at radius 2 is 1.96 bits per heavy atom. The lowest BCUT2D eigenvalue weighted by molar-refractivity contribution is 0.0921. The van der Waals surface area contributed by atoms with Crippen molar-refractivity contribution in [1.29, 1.82) is 0 Å². The third kappa shape index (κ3) is 3.25. The van der Waals surface area contributed by atoms with Crippen LogP contribution in [0.25, 0.3) is 0 Å². The Hall–Kier alpha value is -1.86. The number of methoxy groups -OCH3 is 1. The molecule has 0 unspecified atom stereocenters. The molecule has 122 valence electrons. The van der Waals surface area contributed by atoms with Crippen LogP contribution in [0.1, 0.15) is 22.5 Å². The quantitative estimate of drug-likeness (QED) is 0.898. The van der Waals surface area contributed by atoms with E-state index < -0.39 is 15.1 Å². The van der Waals surface area contributed by atoms with E-state index in [1.807, 2.05) is 0 Å². The highest BCUT2D eigenvalue weighted by atomic mass is 32.2. The Kier molecular flexibility index (Phi) is 4.41. The number of amides is 1. The van der Waals surface area contributed by atoms with Gasteiger partial charge in [0.05, 0.1) is 22.1 Å². The highest BCUT2D eigenvalue weighted by molar-refractivity contribution is 7.92. The van der Waals surface area contributed by atoms with Gasteiger partial charge in [-0.3, -0.25) is 4.79 Å². The molecule has 1 fully saturated rings. The second kappa shape index (κ2) is 6.33. The van der Waals surface area contributed by atoms with Crippen LogP contribution in [-0.4, -0.2) is 32.7 Å². The molecule has 23 heavy (non-hydrogen) atoms. The van der Waals surface area contributed by atoms with Crippen molar-refractivity contribution in [3.05, 3.63) is 46.7 Å². The van der Waals surface area contributed by atoms with Crippen molar-refractivity contribution in [2.75, 3.05) is 7.11 Å². The van der Waals surface area contributed by atoms with Crippen LogP contribution >= 0.6 is 11.3 Å². The summed E-state index contributed by atoms with van der Waals surface area (Å²) in [5, 5.41) is 4.21. The van der Waals surface area contributed by atoms with Crippen LogP contribution in [-0.2, 0) is 9.84 Å². The summed E-state index contributed by atoms with van der Waals surface area (Å²) in [5.74, 6) is 0.470. The number of carbonyl (C=O) groups is 1. The van der Waals surface area contributed by atoms with Crippen molar-refractivity contribution in [1.82, 2.24) is 5.32 Å². The molecule has 0 radical (unpaired) electrons. The number of benzene rings is 1. The monoisotopic (exact) mass is 351 g/mol. The summed E-state index contributed by atoms with van der Waals surface area (Å²) in [6.45, 7) is 0. The fourth-order valence-electron chi connectivity index (χ4n) is 2.54. The second-order valence-electron chi connectivity index (χ2n) is 5.47. The zero-order valence-electron chi connectivity index (χ0n) is 12.6. The standard InChI is InChI=1S/C16H17NO4S2/c1-21-12-9-15(22-10-12)16(18)17-11-7-14(8-11)23(19,20)13-5-3-2-4-6-13/h2-6,9-11,14H,7-8H2,1H3,(H,17,18). The fraction of sp³-hybridized carbons (Fsp3) is 0.312. The number of carbonyl (C=O) groups excluding carboxylic acids is 1. The van der Waals surface area contributed by atoms with Gasteiger partial charge in [0.25, 0.3) is 5.91 Å². The summed E-state index contributed by atoms with van der Waals surface area (Å²) < 4.78 is 29.9. The summed E-state index contributed by atoms with van der Waals surface area (Å²) >= 11 is 1.31. The van der Waals surface area contributed by atoms with Gasteiger partial charge in [-0.1, -0.05) is 18.2 Å². The molecule has 1 aliphatic rings. The van der Waals surface area contributed by atoms with Crippen molar-refractivity contribution in [3.8, 4) is 5.75 Å². The lowest BCUT2D eigenvalue weighted by Gasteiger charge is -2.35. The first-order chi connectivity index (χ1) is 11.0. The average molecular weight is 351 g/mol. The molecule has 3 rings (SSSR count). The Labute approximate surface area is 139 Å². The zero-order chi connectivity index (χ0) is 16.4. The summed E-state index contributed by atoms with van der Waals surface area (Å²) in [7, 11) is -1.75. The topological polar surface area (TPSA) is 72.5 Å². The first kappa shape index (κ1) is 16.0. The van der Waals surface area contributed by atoms with Crippen LogP contribution in [0.5, 0.6) is 5.75 Å². The average Bonchev–Trinajstić information content (AvgIpc) is 3.00. The molecular weight excluding hydrogens is 334 g/mol. The number of sulfone groups is 1. The highest BCUT2D eigenvalue weighted by Gasteiger charge is 2.40. The van der Waals surface area contributed by atoms with Crippen molar-refractivity contribution in [3.63, 3.8) is 0 Å². The second-order valence-corrected chi connectivity index (χ2v) is 8.61. The minimum atomic E-state index is -3.30. The molecule has 1 amide bonds. The van der Waals surface area contributed by atoms with Crippen molar-refractivity contribution in [2.24, 2.45) is 0 Å². The van der Waals surface area contributed by atoms with Gasteiger partial charge in [0.1, 0.15) is 5.75 Å². The number of rotatable bonds is 5. The third-order valence-corrected chi connectivity index (χ3v) is 7.07. The molecule has 0 saturated heterocycles. The van der Waals surface area contributed by atoms with Gasteiger partial charge in [-0.05, 0) is 25.0 Å². The Morgan fingerprint density at radius 1 is 1.26 bits per heavy atom. The molecule has 1 saturated carbocycles. The van der Waals surface area contributed by atoms with Gasteiger partial charge in [0, 0.05) is 17.5 Å². The summed E-state index contributed by atoms with van der Waals surface area (Å²) in [4.78, 5) is 13.0. The van der Waals surface area contributed by atoms with Gasteiger partial charge < -0.3 is 10.1 Å². The number of hydrogen-bond acceptors (Lipinski definition) is 5. The van der Waals surface area contributed by atoms with E-state index in [9.17, 15) is 13.2 Å². The highest BCUT2D eigenvalue weighted by Crippen LogP contribution is 2.32. The van der Waals surface area contributed by atoms with E-state index >= 15 is 0 Å². The molecule has 1 heterocycles. The summed E-state index contributed by atoms with van der Waals surface area (Å²) in [6, 6.07) is 10.0. The Balaban J connectivity index is 1.58. The van der Waals surface area contributed by atoms with Gasteiger partial charge in [0.2, 0.25) is 0 Å². The lowest BCUT2D eigenvalue weighted by atomic mass is 9.92. The zero-order valence-corrected chi connectivity index (χ0v) is 14.2. The molecule has 5 nitrogen and oxygen atoms in total. The lowest BCUT2D eigenvalue weighted by Crippen LogP contribution is -2.49. The van der Waals surface area contributed by atoms with Gasteiger partial charge in [-0.25, -0.2) is 8.42 Å². The number of hydrogen-bond donors (Lipinski definition) is 1. The predicted octanol–water partition coefficient (Wildman–Crippen LogP) is 2.49. The molecule has 2 aromatic rings. The molecule has 0 spiro atoms. The molecule has 0 aliphatic heterocycles. The fourth-order valence-corrected chi connectivity index (χ4v) is 5.19. The van der Waals surface area contributed by atoms with Gasteiger partial charge >= 0.3 is 0 Å². The van der Waals surface area contributed by atoms with Crippen LogP contribution in [0, 0.1) is 0 Å². The largest absolute Gasteiger partial charge is 0.496 e. The van der Waals surface area contributed by atoms with Crippen LogP contribution in [0.3, 0.4) is 0 Å². The van der Waals surface area contributed by atoms with E-state index in [0.717, 1.165) is 0 Å². The first-order valence-corrected chi connectivity index (χ1v) is 9.65. The molecule has 1 aliphatic carbocycles. The van der Waals surface area contributed by atoms with E-state index in [0.29, 0.717) is 28.4 Å². The summed E-state index contributed by atoms with van der Waals surface area (Å²) in [6.07, 6.45) is 0.900. The van der Waals surface area contributed by atoms with E-state index in [2.05, 4.69) is 5.32 Å². The maximum absolute atomic E-state index is 12.4. The molecule has 1 N–H and O–H groups in total. The predicted molar refractivity (Wildman–Crippen MR) is 88.8 cm³/mol. The maximum atomic E-state index is 12.4. The SMILES string of the molecule is COc1csc(C(=O)NC2CC(S(=O)(=O)c3ccccc3)C2)c1. The van der Waals surface area contributed by atoms with E-state index in [-0.39, 0.29) is 11.9 Å². The van der Waals surface area contributed by atoms with Gasteiger partial charge in [0.15, 0.2) is 9.84 Å². The number of thiophene rings is 1. The summed E-state index contributed by atoms with van der Waals surface area (Å²) in [5.41, 5.74) is 0. The van der Waals surface area contributed by atoms with E-state index in [1.165, 1.54) is 11.3 Å². The first-order valence-electron chi connectivity index (χ1n) is 7.23. The van der Waals surface area contributed by atoms with Crippen LogP contribution in [0.2, 0.25) is 0 Å². The minimum absolute atomic E-state index is 0.0981. The molecular formula is C16H17NO4S2. The Morgan fingerprint density at radius 3 is 2.57 bits per heavy atom. The van der Waals surface area contributed by atoms with Crippen LogP contribution in [0.4, 0.5) is 0 Å². The molecule has 0 atom stereocenters. The van der Waals surface area contributed by atoms with Crippen molar-refractivity contribution in [2.45, 2.75) is 29.0 Å². The van der Waals surface area contributed by atoms with Crippen LogP contribution in [0.15, 0.2) is 46.7 Å². The molecule has 0 bridgehead atoms. The van der Waals surface area contributed by atoms with E-state index in [1.54, 1.807) is 48.9 Å². The third-order valence-electron chi connectivity index (χ3n) is 3.98. The Bertz CT molecular complexity index is 792. The van der Waals surface area contributed by atoms with Crippen LogP contribution < -0.4 is 10.1 Å². The van der Waals surface area contributed by atoms with Crippen molar-refractivity contribution >= 4 is 27.1 Å². The van der Waals surface area contributed by atoms with E-state index in [4.69, 9.17) is 4.74 Å². The number of ether oxygens (including phenoxy) is 1. The molecule has 1 aromatic heterocycles. The molecule has 1 aromatic carbocycles. The smallest absolute Gasteiger partial charge is 0.261 e. The normalized spacial score (nSPS) is 20.6. The van der Waals surface area contributed by atoms with Gasteiger partial charge in [-0.15, -0.1) is 11.3 Å².